The second kappa shape index (κ2) is 30.0. The first kappa shape index (κ1) is 72.8. The van der Waals surface area contributed by atoms with Gasteiger partial charge >= 0.3 is 0 Å². The smallest absolute Gasteiger partial charge is 0.180 e. The van der Waals surface area contributed by atoms with E-state index in [9.17, 15) is 0 Å². The minimum absolute atomic E-state index is 0.716. The van der Waals surface area contributed by atoms with Crippen LogP contribution in [0, 0.1) is 0 Å². The zero-order chi connectivity index (χ0) is 82.9. The van der Waals surface area contributed by atoms with Crippen molar-refractivity contribution >= 4 is 193 Å². The molecule has 588 valence electrons. The van der Waals surface area contributed by atoms with Gasteiger partial charge in [0.25, 0.3) is 0 Å². The Morgan fingerprint density at radius 1 is 0.183 bits per heavy atom. The molecule has 0 bridgehead atoms. The molecule has 12 heteroatoms. The lowest BCUT2D eigenvalue weighted by atomic mass is 9.97. The lowest BCUT2D eigenvalue weighted by Crippen LogP contribution is -1.88. The van der Waals surface area contributed by atoms with Crippen molar-refractivity contribution < 1.29 is 13.3 Å². The average Bonchev–Trinajstić information content (AvgIpc) is 1.61. The summed E-state index contributed by atoms with van der Waals surface area (Å²) in [6.07, 6.45) is 4.92. The van der Waals surface area contributed by atoms with Crippen molar-refractivity contribution in [3.05, 3.63) is 401 Å². The van der Waals surface area contributed by atoms with E-state index in [4.69, 9.17) is 13.3 Å². The summed E-state index contributed by atoms with van der Waals surface area (Å²) in [5.74, 6) is 0. The molecule has 9 nitrogen and oxygen atoms in total. The van der Waals surface area contributed by atoms with Gasteiger partial charge in [0.05, 0.1) is 10.8 Å². The van der Waals surface area contributed by atoms with E-state index in [-0.39, 0.29) is 0 Å². The molecule has 0 aliphatic rings. The van der Waals surface area contributed by atoms with Gasteiger partial charge in [-0.2, -0.15) is 0 Å². The lowest BCUT2D eigenvalue weighted by molar-refractivity contribution is 0.667. The first-order valence-electron chi connectivity index (χ1n) is 41.9. The molecule has 27 aromatic rings. The van der Waals surface area contributed by atoms with Gasteiger partial charge in [-0.25, -0.2) is 29.9 Å². The summed E-state index contributed by atoms with van der Waals surface area (Å²) < 4.78 is 27.2. The Kier molecular flexibility index (Phi) is 17.3. The molecule has 0 aliphatic heterocycles. The van der Waals surface area contributed by atoms with E-state index in [2.05, 4.69) is 388 Å². The fourth-order valence-corrected chi connectivity index (χ4v) is 22.3. The van der Waals surface area contributed by atoms with Gasteiger partial charge in [0, 0.05) is 88.0 Å². The van der Waals surface area contributed by atoms with Gasteiger partial charge in [0.15, 0.2) is 16.7 Å². The molecule has 0 saturated heterocycles. The monoisotopic (exact) mass is 1660 g/mol. The number of thiophene rings is 3. The molecule has 0 radical (unpaired) electrons. The number of hydrogen-bond acceptors (Lipinski definition) is 12. The topological polar surface area (TPSA) is 117 Å². The fourth-order valence-electron chi connectivity index (χ4n) is 18.6. The van der Waals surface area contributed by atoms with Crippen LogP contribution < -0.4 is 0 Å². The maximum Gasteiger partial charge on any atom is 0.180 e. The standard InChI is InChI=1S/3C38H22N2OS/c1-2-10-28-24(7-1)19-20-32-34(28)36-37(41-32)35(39-22-40-36)25-17-15-23(16-18-25)26-8-5-9-27(21-26)29-12-6-13-31-30-11-3-4-14-33(30)42-38(29)31;1-2-10-28-24(7-1)19-20-32-34(28)36-37(41-32)35(39-22-40-36)27-9-5-8-26(21-27)23-15-17-25(18-16-23)29-12-6-13-31-30-11-3-4-14-33(30)42-38(29)31;1-2-10-28-24(7-1)19-20-32-35-37(41-36(28)32)34(39-22-40-35)27-9-5-8-26(21-27)23-15-17-25(18-16-23)29-12-6-13-31-30-11-3-4-14-33(30)42-38(29)31/h3*1-22H. The lowest BCUT2D eigenvalue weighted by Gasteiger charge is -2.08. The van der Waals surface area contributed by atoms with Crippen LogP contribution in [0.15, 0.2) is 414 Å². The average molecular weight is 1660 g/mol. The van der Waals surface area contributed by atoms with E-state index >= 15 is 0 Å². The van der Waals surface area contributed by atoms with Gasteiger partial charge in [-0.15, -0.1) is 34.0 Å². The quantitative estimate of drug-likeness (QED) is 0.139. The molecular weight excluding hydrogens is 1600 g/mol. The van der Waals surface area contributed by atoms with Gasteiger partial charge in [0.2, 0.25) is 0 Å². The van der Waals surface area contributed by atoms with Crippen molar-refractivity contribution in [1.29, 1.82) is 0 Å². The highest BCUT2D eigenvalue weighted by atomic mass is 32.1. The van der Waals surface area contributed by atoms with Crippen LogP contribution in [0.1, 0.15) is 0 Å². The van der Waals surface area contributed by atoms with Crippen LogP contribution in [0.25, 0.3) is 260 Å². The summed E-state index contributed by atoms with van der Waals surface area (Å²) in [5, 5.41) is 17.8. The fraction of sp³-hybridized carbons (Fsp3) is 0. The van der Waals surface area contributed by atoms with E-state index < -0.39 is 0 Å². The molecule has 9 heterocycles. The highest BCUT2D eigenvalue weighted by Gasteiger charge is 2.23. The molecule has 0 unspecified atom stereocenters. The number of furan rings is 3. The highest BCUT2D eigenvalue weighted by Crippen LogP contribution is 2.48. The van der Waals surface area contributed by atoms with Crippen molar-refractivity contribution in [3.63, 3.8) is 0 Å². The molecular formula is C114H66N6O3S3. The van der Waals surface area contributed by atoms with Crippen molar-refractivity contribution in [2.24, 2.45) is 0 Å². The number of hydrogen-bond donors (Lipinski definition) is 0. The molecule has 0 saturated carbocycles. The summed E-state index contributed by atoms with van der Waals surface area (Å²) in [7, 11) is 0. The Morgan fingerprint density at radius 2 is 0.500 bits per heavy atom. The second-order valence-corrected chi connectivity index (χ2v) is 35.0. The molecule has 0 aliphatic carbocycles. The zero-order valence-corrected chi connectivity index (χ0v) is 69.7. The maximum absolute atomic E-state index is 6.49. The van der Waals surface area contributed by atoms with E-state index in [1.807, 2.05) is 58.3 Å². The van der Waals surface area contributed by atoms with Gasteiger partial charge < -0.3 is 13.3 Å². The number of rotatable bonds is 9. The van der Waals surface area contributed by atoms with Gasteiger partial charge in [-0.1, -0.05) is 328 Å². The van der Waals surface area contributed by atoms with Crippen LogP contribution in [0.2, 0.25) is 0 Å². The van der Waals surface area contributed by atoms with Crippen molar-refractivity contribution in [2.75, 3.05) is 0 Å². The predicted molar refractivity (Wildman–Crippen MR) is 528 cm³/mol. The molecule has 0 fully saturated rings. The van der Waals surface area contributed by atoms with Gasteiger partial charge in [0.1, 0.15) is 69.4 Å². The second-order valence-electron chi connectivity index (χ2n) is 31.8. The summed E-state index contributed by atoms with van der Waals surface area (Å²) in [4.78, 5) is 27.9. The third-order valence-electron chi connectivity index (χ3n) is 24.6. The normalized spacial score (nSPS) is 11.8. The van der Waals surface area contributed by atoms with E-state index in [0.717, 1.165) is 138 Å². The predicted octanol–water partition coefficient (Wildman–Crippen LogP) is 32.7. The molecule has 27 rings (SSSR count). The van der Waals surface area contributed by atoms with Crippen LogP contribution in [-0.4, -0.2) is 29.9 Å². The molecule has 0 amide bonds. The Hall–Kier alpha value is -16.0. The summed E-state index contributed by atoms with van der Waals surface area (Å²) in [6, 6.07) is 136. The Morgan fingerprint density at radius 3 is 0.952 bits per heavy atom. The minimum Gasteiger partial charge on any atom is -0.452 e. The maximum atomic E-state index is 6.49. The zero-order valence-electron chi connectivity index (χ0n) is 67.2. The SMILES string of the molecule is c1cc(-c2ccc(-c3cccc4c3sc3ccccc34)cc2)cc(-c2ncnc3c2oc2c4ccccc4ccc32)c1.c1cc(-c2ccc(-c3cccc4c3sc3ccccc34)cc2)cc(-c2ncnc3c2oc2ccc4ccccc4c23)c1.c1cc(-c2ccc(-c3ncnc4c3oc3ccc5ccccc5c34)cc2)cc(-c2cccc3c2sc2ccccc23)c1. The van der Waals surface area contributed by atoms with Gasteiger partial charge in [-0.3, -0.25) is 0 Å². The largest absolute Gasteiger partial charge is 0.452 e. The van der Waals surface area contributed by atoms with Crippen LogP contribution in [-0.2, 0) is 0 Å². The van der Waals surface area contributed by atoms with Crippen molar-refractivity contribution in [2.45, 2.75) is 0 Å². The summed E-state index contributed by atoms with van der Waals surface area (Å²) >= 11 is 5.60. The summed E-state index contributed by atoms with van der Waals surface area (Å²) in [5.41, 5.74) is 27.0. The van der Waals surface area contributed by atoms with Crippen molar-refractivity contribution in [3.8, 4) is 101 Å². The third kappa shape index (κ3) is 12.3. The molecule has 126 heavy (non-hydrogen) atoms. The van der Waals surface area contributed by atoms with Crippen LogP contribution in [0.3, 0.4) is 0 Å². The van der Waals surface area contributed by atoms with E-state index in [0.29, 0.717) is 11.2 Å². The number of fused-ring (bicyclic) bond motifs is 24. The van der Waals surface area contributed by atoms with Crippen LogP contribution in [0.4, 0.5) is 0 Å². The molecule has 0 N–H and O–H groups in total. The molecule has 9 aromatic heterocycles. The molecule has 0 spiro atoms. The Bertz CT molecular complexity index is 8860. The van der Waals surface area contributed by atoms with Crippen LogP contribution in [0.5, 0.6) is 0 Å². The number of aromatic nitrogens is 6. The number of benzene rings is 18. The molecule has 0 atom stereocenters. The first-order valence-corrected chi connectivity index (χ1v) is 44.4. The third-order valence-corrected chi connectivity index (χ3v) is 28.3. The Labute approximate surface area is 732 Å². The van der Waals surface area contributed by atoms with Gasteiger partial charge in [-0.05, 0) is 148 Å². The van der Waals surface area contributed by atoms with Crippen LogP contribution >= 0.6 is 34.0 Å². The van der Waals surface area contributed by atoms with Crippen molar-refractivity contribution in [1.82, 2.24) is 29.9 Å². The van der Waals surface area contributed by atoms with E-state index in [1.165, 1.54) is 110 Å². The first-order chi connectivity index (χ1) is 62.4. The van der Waals surface area contributed by atoms with E-state index in [1.54, 1.807) is 19.0 Å². The Balaban J connectivity index is 0.000000103. The highest BCUT2D eigenvalue weighted by molar-refractivity contribution is 7.27. The molecule has 18 aromatic carbocycles. The minimum atomic E-state index is 0.716. The summed E-state index contributed by atoms with van der Waals surface area (Å²) in [6.45, 7) is 0. The number of nitrogens with zero attached hydrogens (tertiary/aromatic N) is 6.